The van der Waals surface area contributed by atoms with Gasteiger partial charge in [-0.05, 0) is 43.4 Å². The number of hydrogen-bond donors (Lipinski definition) is 2. The molecule has 2 aliphatic heterocycles. The minimum absolute atomic E-state index is 0.0762. The lowest BCUT2D eigenvalue weighted by atomic mass is 10.1. The van der Waals surface area contributed by atoms with E-state index in [1.807, 2.05) is 35.2 Å². The van der Waals surface area contributed by atoms with Crippen molar-refractivity contribution in [3.8, 4) is 0 Å². The highest BCUT2D eigenvalue weighted by Gasteiger charge is 2.35. The standard InChI is InChI=1S/C25H25BrClN5O3/c26-20-21(30-31-22(20)29-23(33)17-10-4-5-11-18(17)27)24(34)28-19-12-6-7-14-32(25(19)35)15-13-16-8-2-1-3-9-16/h1-5,8-11,19-20H,6-7,12-15H2,(H,28,34)(H,29,31,33)/t19-,20?/m1/s1. The molecular formula is C25H25BrClN5O3. The molecule has 0 saturated carbocycles. The Hall–Kier alpha value is -3.04. The van der Waals surface area contributed by atoms with Crippen molar-refractivity contribution >= 4 is 56.8 Å². The van der Waals surface area contributed by atoms with Gasteiger partial charge in [-0.3, -0.25) is 14.4 Å². The summed E-state index contributed by atoms with van der Waals surface area (Å²) in [5.41, 5.74) is 1.53. The van der Waals surface area contributed by atoms with Gasteiger partial charge < -0.3 is 15.5 Å². The lowest BCUT2D eigenvalue weighted by Gasteiger charge is -2.25. The maximum Gasteiger partial charge on any atom is 0.269 e. The molecule has 182 valence electrons. The molecule has 8 nitrogen and oxygen atoms in total. The van der Waals surface area contributed by atoms with Crippen LogP contribution >= 0.6 is 27.5 Å². The number of nitrogens with one attached hydrogen (secondary N) is 2. The number of hydrogen-bond acceptors (Lipinski definition) is 5. The minimum Gasteiger partial charge on any atom is -0.341 e. The Kier molecular flexibility index (Phi) is 8.30. The second-order valence-corrected chi connectivity index (χ2v) is 9.67. The molecule has 2 aliphatic rings. The van der Waals surface area contributed by atoms with E-state index in [1.165, 1.54) is 0 Å². The summed E-state index contributed by atoms with van der Waals surface area (Å²) in [4.78, 5) is 39.8. The molecule has 3 amide bonds. The summed E-state index contributed by atoms with van der Waals surface area (Å²) in [6.07, 6.45) is 3.03. The van der Waals surface area contributed by atoms with E-state index in [1.54, 1.807) is 24.3 Å². The van der Waals surface area contributed by atoms with Crippen LogP contribution in [0, 0.1) is 0 Å². The fourth-order valence-corrected chi connectivity index (χ4v) is 4.75. The van der Waals surface area contributed by atoms with Crippen molar-refractivity contribution in [2.24, 2.45) is 10.2 Å². The van der Waals surface area contributed by atoms with Gasteiger partial charge in [-0.15, -0.1) is 10.2 Å². The van der Waals surface area contributed by atoms with Gasteiger partial charge in [-0.1, -0.05) is 70.0 Å². The molecule has 10 heteroatoms. The summed E-state index contributed by atoms with van der Waals surface area (Å²) in [5, 5.41) is 13.7. The van der Waals surface area contributed by atoms with Gasteiger partial charge >= 0.3 is 0 Å². The maximum absolute atomic E-state index is 13.2. The summed E-state index contributed by atoms with van der Waals surface area (Å²) in [5.74, 6) is -0.869. The van der Waals surface area contributed by atoms with Gasteiger partial charge in [0.15, 0.2) is 5.84 Å². The van der Waals surface area contributed by atoms with E-state index >= 15 is 0 Å². The first kappa shape index (κ1) is 25.1. The molecule has 2 aromatic carbocycles. The van der Waals surface area contributed by atoms with Crippen LogP contribution in [0.25, 0.3) is 0 Å². The first-order chi connectivity index (χ1) is 16.9. The average Bonchev–Trinajstić information content (AvgIpc) is 3.13. The average molecular weight is 559 g/mol. The number of halogens is 2. The SMILES string of the molecule is O=C(N[C@@H]1CCCCN(CCc2ccccc2)C1=O)C1=NN=C(NC(=O)c2ccccc2Cl)C1Br. The molecule has 1 unspecified atom stereocenters. The van der Waals surface area contributed by atoms with Crippen molar-refractivity contribution in [2.75, 3.05) is 13.1 Å². The zero-order valence-corrected chi connectivity index (χ0v) is 21.3. The Balaban J connectivity index is 1.34. The van der Waals surface area contributed by atoms with E-state index < -0.39 is 22.7 Å². The summed E-state index contributed by atoms with van der Waals surface area (Å²) >= 11 is 9.47. The predicted molar refractivity (Wildman–Crippen MR) is 139 cm³/mol. The van der Waals surface area contributed by atoms with Crippen LogP contribution < -0.4 is 10.6 Å². The third-order valence-corrected chi connectivity index (χ3v) is 7.13. The van der Waals surface area contributed by atoms with Crippen molar-refractivity contribution < 1.29 is 14.4 Å². The first-order valence-corrected chi connectivity index (χ1v) is 12.7. The largest absolute Gasteiger partial charge is 0.341 e. The predicted octanol–water partition coefficient (Wildman–Crippen LogP) is 3.34. The van der Waals surface area contributed by atoms with Gasteiger partial charge in [-0.25, -0.2) is 0 Å². The van der Waals surface area contributed by atoms with Gasteiger partial charge in [0.1, 0.15) is 16.6 Å². The summed E-state index contributed by atoms with van der Waals surface area (Å²) in [6, 6.07) is 16.0. The van der Waals surface area contributed by atoms with E-state index in [0.717, 1.165) is 24.8 Å². The monoisotopic (exact) mass is 557 g/mol. The van der Waals surface area contributed by atoms with Crippen molar-refractivity contribution in [3.63, 3.8) is 0 Å². The van der Waals surface area contributed by atoms with Gasteiger partial charge in [-0.2, -0.15) is 0 Å². The quantitative estimate of drug-likeness (QED) is 0.532. The topological polar surface area (TPSA) is 103 Å². The van der Waals surface area contributed by atoms with E-state index in [0.29, 0.717) is 24.5 Å². The molecule has 0 aliphatic carbocycles. The highest BCUT2D eigenvalue weighted by Crippen LogP contribution is 2.18. The number of likely N-dealkylation sites (tertiary alicyclic amines) is 1. The fraction of sp³-hybridized carbons (Fsp3) is 0.320. The number of alkyl halides is 1. The van der Waals surface area contributed by atoms with Crippen LogP contribution in [0.5, 0.6) is 0 Å². The Morgan fingerprint density at radius 2 is 1.77 bits per heavy atom. The Bertz CT molecular complexity index is 1170. The zero-order chi connectivity index (χ0) is 24.8. The van der Waals surface area contributed by atoms with Crippen molar-refractivity contribution in [3.05, 3.63) is 70.7 Å². The first-order valence-electron chi connectivity index (χ1n) is 11.4. The fourth-order valence-electron chi connectivity index (χ4n) is 4.02. The lowest BCUT2D eigenvalue weighted by Crippen LogP contribution is -2.51. The highest BCUT2D eigenvalue weighted by atomic mass is 79.9. The highest BCUT2D eigenvalue weighted by molar-refractivity contribution is 9.10. The molecule has 0 radical (unpaired) electrons. The van der Waals surface area contributed by atoms with Gasteiger partial charge in [0.2, 0.25) is 5.91 Å². The van der Waals surface area contributed by atoms with Gasteiger partial charge in [0, 0.05) is 13.1 Å². The van der Waals surface area contributed by atoms with Crippen LogP contribution in [0.2, 0.25) is 5.02 Å². The Morgan fingerprint density at radius 1 is 1.03 bits per heavy atom. The minimum atomic E-state index is -0.719. The smallest absolute Gasteiger partial charge is 0.269 e. The number of carbonyl (C=O) groups is 3. The Morgan fingerprint density at radius 3 is 2.54 bits per heavy atom. The third kappa shape index (κ3) is 6.15. The van der Waals surface area contributed by atoms with Gasteiger partial charge in [0.05, 0.1) is 10.6 Å². The van der Waals surface area contributed by atoms with Crippen molar-refractivity contribution in [1.29, 1.82) is 0 Å². The van der Waals surface area contributed by atoms with Crippen molar-refractivity contribution in [1.82, 2.24) is 15.5 Å². The third-order valence-electron chi connectivity index (χ3n) is 5.94. The number of amidine groups is 1. The molecule has 2 heterocycles. The molecule has 0 bridgehead atoms. The molecule has 0 spiro atoms. The molecular weight excluding hydrogens is 534 g/mol. The van der Waals surface area contributed by atoms with E-state index in [2.05, 4.69) is 36.8 Å². The molecule has 1 saturated heterocycles. The normalized spacial score (nSPS) is 20.1. The molecule has 35 heavy (non-hydrogen) atoms. The van der Waals surface area contributed by atoms with Crippen LogP contribution in [-0.4, -0.2) is 58.1 Å². The van der Waals surface area contributed by atoms with Crippen LogP contribution in [0.15, 0.2) is 64.8 Å². The number of benzene rings is 2. The van der Waals surface area contributed by atoms with Gasteiger partial charge in [0.25, 0.3) is 11.8 Å². The maximum atomic E-state index is 13.2. The molecule has 2 aromatic rings. The summed E-state index contributed by atoms with van der Waals surface area (Å²) < 4.78 is 0. The van der Waals surface area contributed by atoms with E-state index in [-0.39, 0.29) is 23.0 Å². The second kappa shape index (κ2) is 11.6. The van der Waals surface area contributed by atoms with Crippen molar-refractivity contribution in [2.45, 2.75) is 36.6 Å². The lowest BCUT2D eigenvalue weighted by molar-refractivity contribution is -0.134. The van der Waals surface area contributed by atoms with E-state index in [9.17, 15) is 14.4 Å². The number of amides is 3. The summed E-state index contributed by atoms with van der Waals surface area (Å²) in [6.45, 7) is 1.26. The molecule has 1 fully saturated rings. The molecule has 2 atom stereocenters. The molecule has 0 aromatic heterocycles. The molecule has 4 rings (SSSR count). The number of carbonyl (C=O) groups excluding carboxylic acids is 3. The van der Waals surface area contributed by atoms with E-state index in [4.69, 9.17) is 11.6 Å². The summed E-state index contributed by atoms with van der Waals surface area (Å²) in [7, 11) is 0. The number of rotatable bonds is 6. The number of nitrogens with zero attached hydrogens (tertiary/aromatic N) is 3. The zero-order valence-electron chi connectivity index (χ0n) is 18.9. The van der Waals surface area contributed by atoms with Crippen LogP contribution in [0.3, 0.4) is 0 Å². The Labute approximate surface area is 216 Å². The van der Waals surface area contributed by atoms with Crippen LogP contribution in [0.4, 0.5) is 0 Å². The molecule has 2 N–H and O–H groups in total. The second-order valence-electron chi connectivity index (χ2n) is 8.35. The van der Waals surface area contributed by atoms with Crippen LogP contribution in [0.1, 0.15) is 35.2 Å². The van der Waals surface area contributed by atoms with Crippen LogP contribution in [-0.2, 0) is 16.0 Å².